The second-order valence-electron chi connectivity index (χ2n) is 24.4. The minimum Gasteiger partial charge on any atom is -0.310 e. The van der Waals surface area contributed by atoms with Crippen molar-refractivity contribution in [1.82, 2.24) is 0 Å². The van der Waals surface area contributed by atoms with E-state index in [1.807, 2.05) is 0 Å². The second-order valence-corrected chi connectivity index (χ2v) is 24.4. The molecule has 3 aliphatic carbocycles. The predicted molar refractivity (Wildman–Crippen MR) is 377 cm³/mol. The quantitative estimate of drug-likeness (QED) is 0.0890. The fraction of sp³-hybridized carbons (Fsp3) is 0.126. The van der Waals surface area contributed by atoms with Gasteiger partial charge in [-0.3, -0.25) is 0 Å². The van der Waals surface area contributed by atoms with Gasteiger partial charge in [0.15, 0.2) is 0 Å². The van der Waals surface area contributed by atoms with Gasteiger partial charge in [-0.05, 0) is 199 Å². The summed E-state index contributed by atoms with van der Waals surface area (Å²) in [4.78, 5) is 4.77. The van der Waals surface area contributed by atoms with Gasteiger partial charge in [0, 0.05) is 45.0 Å². The van der Waals surface area contributed by atoms with E-state index in [2.05, 4.69) is 353 Å². The van der Waals surface area contributed by atoms with Gasteiger partial charge in [-0.2, -0.15) is 0 Å². The Labute approximate surface area is 526 Å². The van der Waals surface area contributed by atoms with Crippen LogP contribution in [0.15, 0.2) is 291 Å². The van der Waals surface area contributed by atoms with E-state index in [9.17, 15) is 0 Å². The summed E-state index contributed by atoms with van der Waals surface area (Å²) in [6.07, 6.45) is 13.3. The Bertz CT molecular complexity index is 4250. The third kappa shape index (κ3) is 9.06. The van der Waals surface area contributed by atoms with Crippen LogP contribution < -0.4 is 9.80 Å². The van der Waals surface area contributed by atoms with Crippen LogP contribution in [0.5, 0.6) is 0 Å². The molecule has 2 nitrogen and oxygen atoms in total. The first-order valence-corrected chi connectivity index (χ1v) is 32.0. The Balaban J connectivity index is 0.723. The molecule has 0 N–H and O–H groups in total. The number of hydrogen-bond donors (Lipinski definition) is 0. The van der Waals surface area contributed by atoms with Crippen molar-refractivity contribution in [3.8, 4) is 33.4 Å². The van der Waals surface area contributed by atoms with Gasteiger partial charge in [0.2, 0.25) is 0 Å². The van der Waals surface area contributed by atoms with Crippen LogP contribution in [0.3, 0.4) is 0 Å². The van der Waals surface area contributed by atoms with Gasteiger partial charge < -0.3 is 9.80 Å². The molecule has 0 aliphatic heterocycles. The van der Waals surface area contributed by atoms with Gasteiger partial charge in [-0.1, -0.05) is 270 Å². The molecule has 12 aromatic carbocycles. The Morgan fingerprint density at radius 2 is 0.506 bits per heavy atom. The zero-order chi connectivity index (χ0) is 60.1. The minimum atomic E-state index is -0.507. The third-order valence-corrected chi connectivity index (χ3v) is 20.3. The predicted octanol–water partition coefficient (Wildman–Crippen LogP) is 23.5. The average Bonchev–Trinajstić information content (AvgIpc) is 1.64. The van der Waals surface area contributed by atoms with Gasteiger partial charge in [0.1, 0.15) is 0 Å². The van der Waals surface area contributed by atoms with E-state index in [-0.39, 0.29) is 10.8 Å². The lowest BCUT2D eigenvalue weighted by molar-refractivity contribution is 0.490. The first-order chi connectivity index (χ1) is 43.9. The van der Waals surface area contributed by atoms with Crippen LogP contribution in [-0.2, 0) is 16.2 Å². The number of para-hydroxylation sites is 4. The van der Waals surface area contributed by atoms with E-state index in [1.165, 1.54) is 112 Å². The number of benzene rings is 12. The molecule has 89 heavy (non-hydrogen) atoms. The number of anilines is 6. The molecule has 0 spiro atoms. The second kappa shape index (κ2) is 22.8. The highest BCUT2D eigenvalue weighted by atomic mass is 15.1. The lowest BCUT2D eigenvalue weighted by Crippen LogP contribution is -2.28. The molecule has 3 aliphatic rings. The number of rotatable bonds is 16. The molecule has 0 aromatic heterocycles. The third-order valence-electron chi connectivity index (χ3n) is 20.3. The summed E-state index contributed by atoms with van der Waals surface area (Å²) in [5.41, 5.74) is 29.8. The Kier molecular flexibility index (Phi) is 14.2. The molecule has 0 unspecified atom stereocenters. The van der Waals surface area contributed by atoms with Crippen LogP contribution in [0.1, 0.15) is 120 Å². The van der Waals surface area contributed by atoms with Gasteiger partial charge >= 0.3 is 0 Å². The number of hydrogen-bond acceptors (Lipinski definition) is 2. The average molecular weight is 1150 g/mol. The molecule has 2 heteroatoms. The van der Waals surface area contributed by atoms with E-state index >= 15 is 0 Å². The van der Waals surface area contributed by atoms with E-state index in [4.69, 9.17) is 0 Å². The standard InChI is InChI=1S/C87H72N2/c1-5-85(6-2)81-57-63(45-53-75(81)77-55-51-71(59-83(77)85)88(67-25-13-9-14-26-67)68-27-15-10-16-28-68)39-37-61-41-47-65(48-42-61)87(79-35-23-21-33-73(79)74-34-22-24-36-80(74)87)66-49-43-62(44-50-66)38-40-64-46-54-76-78-56-52-72(60-84(78)86(7-3,8-4)82(76)58-64)89(69-29-17-11-18-30-69)70-31-19-12-20-32-70/h9-60H,5-8H2,1-4H3/b39-37+,40-38+. The lowest BCUT2D eigenvalue weighted by atomic mass is 9.67. The first kappa shape index (κ1) is 55.3. The van der Waals surface area contributed by atoms with Crippen molar-refractivity contribution in [2.24, 2.45) is 0 Å². The molecule has 0 bridgehead atoms. The molecule has 430 valence electrons. The van der Waals surface area contributed by atoms with E-state index in [1.54, 1.807) is 0 Å². The van der Waals surface area contributed by atoms with Crippen molar-refractivity contribution in [1.29, 1.82) is 0 Å². The zero-order valence-electron chi connectivity index (χ0n) is 51.2. The van der Waals surface area contributed by atoms with Crippen molar-refractivity contribution in [3.05, 3.63) is 358 Å². The van der Waals surface area contributed by atoms with Crippen LogP contribution in [0.25, 0.3) is 57.7 Å². The van der Waals surface area contributed by atoms with Crippen LogP contribution in [0, 0.1) is 0 Å². The van der Waals surface area contributed by atoms with Gasteiger partial charge in [0.05, 0.1) is 5.41 Å². The molecule has 0 heterocycles. The highest BCUT2D eigenvalue weighted by Gasteiger charge is 2.46. The van der Waals surface area contributed by atoms with Crippen LogP contribution in [-0.4, -0.2) is 0 Å². The molecule has 0 saturated heterocycles. The Morgan fingerprint density at radius 3 is 0.843 bits per heavy atom. The molecule has 15 rings (SSSR count). The van der Waals surface area contributed by atoms with E-state index in [0.717, 1.165) is 48.4 Å². The highest BCUT2D eigenvalue weighted by Crippen LogP contribution is 2.58. The maximum absolute atomic E-state index is 2.47. The first-order valence-electron chi connectivity index (χ1n) is 32.0. The molecule has 12 aromatic rings. The summed E-state index contributed by atoms with van der Waals surface area (Å²) in [5, 5.41) is 0. The van der Waals surface area contributed by atoms with E-state index in [0.29, 0.717) is 0 Å². The Morgan fingerprint density at radius 1 is 0.236 bits per heavy atom. The summed E-state index contributed by atoms with van der Waals surface area (Å²) in [5.74, 6) is 0. The smallest absolute Gasteiger partial charge is 0.0713 e. The van der Waals surface area contributed by atoms with Crippen molar-refractivity contribution in [2.45, 2.75) is 69.6 Å². The Hall–Kier alpha value is -10.3. The SMILES string of the molecule is CCC1(CC)c2cc(/C=C/c3ccc(C4(c5ccc(/C=C/c6ccc7c(c6)C(CC)(CC)c6cc(N(c8ccccc8)c8ccccc8)ccc6-7)cc5)c5ccccc5-c5ccccc54)cc3)ccc2-c2ccc(N(c3ccccc3)c3ccccc3)cc21. The maximum Gasteiger partial charge on any atom is 0.0713 e. The highest BCUT2D eigenvalue weighted by molar-refractivity contribution is 5.91. The maximum atomic E-state index is 2.47. The van der Waals surface area contributed by atoms with Gasteiger partial charge in [0.25, 0.3) is 0 Å². The largest absolute Gasteiger partial charge is 0.310 e. The van der Waals surface area contributed by atoms with E-state index < -0.39 is 5.41 Å². The molecule has 0 radical (unpaired) electrons. The molecule has 0 amide bonds. The van der Waals surface area contributed by atoms with Crippen molar-refractivity contribution < 1.29 is 0 Å². The fourth-order valence-corrected chi connectivity index (χ4v) is 15.8. The van der Waals surface area contributed by atoms with Gasteiger partial charge in [-0.15, -0.1) is 0 Å². The summed E-state index contributed by atoms with van der Waals surface area (Å²) >= 11 is 0. The zero-order valence-corrected chi connectivity index (χ0v) is 51.2. The normalized spacial score (nSPS) is 14.2. The molecule has 0 saturated carbocycles. The van der Waals surface area contributed by atoms with Crippen molar-refractivity contribution in [2.75, 3.05) is 9.80 Å². The van der Waals surface area contributed by atoms with Gasteiger partial charge in [-0.25, -0.2) is 0 Å². The summed E-state index contributed by atoms with van der Waals surface area (Å²) < 4.78 is 0. The summed E-state index contributed by atoms with van der Waals surface area (Å²) in [6.45, 7) is 9.46. The molecular weight excluding hydrogens is 1070 g/mol. The number of fused-ring (bicyclic) bond motifs is 9. The monoisotopic (exact) mass is 1140 g/mol. The summed E-state index contributed by atoms with van der Waals surface area (Å²) in [6, 6.07) is 108. The van der Waals surface area contributed by atoms with Crippen LogP contribution in [0.2, 0.25) is 0 Å². The molecule has 0 fully saturated rings. The minimum absolute atomic E-state index is 0.101. The van der Waals surface area contributed by atoms with Crippen molar-refractivity contribution >= 4 is 58.4 Å². The molecular formula is C87H72N2. The molecule has 0 atom stereocenters. The summed E-state index contributed by atoms with van der Waals surface area (Å²) in [7, 11) is 0. The number of nitrogens with zero attached hydrogens (tertiary/aromatic N) is 2. The topological polar surface area (TPSA) is 6.48 Å². The van der Waals surface area contributed by atoms with Crippen LogP contribution >= 0.6 is 0 Å². The van der Waals surface area contributed by atoms with Crippen LogP contribution in [0.4, 0.5) is 34.1 Å². The lowest BCUT2D eigenvalue weighted by Gasteiger charge is -2.34. The van der Waals surface area contributed by atoms with Crippen molar-refractivity contribution in [3.63, 3.8) is 0 Å². The fourth-order valence-electron chi connectivity index (χ4n) is 15.8.